The molecule has 88 valence electrons. The number of hydrogen-bond donors (Lipinski definition) is 0. The predicted molar refractivity (Wildman–Crippen MR) is 71.9 cm³/mol. The highest BCUT2D eigenvalue weighted by Gasteiger charge is 2.27. The Hall–Kier alpha value is -1.38. The topological polar surface area (TPSA) is 6.48 Å². The van der Waals surface area contributed by atoms with Gasteiger partial charge in [-0.1, -0.05) is 36.4 Å². The van der Waals surface area contributed by atoms with E-state index < -0.39 is 0 Å². The lowest BCUT2D eigenvalue weighted by Gasteiger charge is -2.25. The van der Waals surface area contributed by atoms with Crippen LogP contribution in [0.5, 0.6) is 0 Å². The monoisotopic (exact) mass is 226 g/mol. The summed E-state index contributed by atoms with van der Waals surface area (Å²) in [5.74, 6) is 0. The Morgan fingerprint density at radius 3 is 2.24 bits per heavy atom. The highest BCUT2D eigenvalue weighted by Crippen LogP contribution is 2.29. The zero-order valence-corrected chi connectivity index (χ0v) is 10.4. The number of nitrogens with zero attached hydrogens (tertiary/aromatic N) is 2. The molecule has 3 rings (SSSR count). The van der Waals surface area contributed by atoms with E-state index in [0.717, 1.165) is 13.1 Å². The zero-order chi connectivity index (χ0) is 11.8. The molecule has 1 aliphatic heterocycles. The van der Waals surface area contributed by atoms with Crippen LogP contribution in [-0.2, 0) is 0 Å². The fraction of sp³-hybridized carbons (Fsp3) is 0.333. The second kappa shape index (κ2) is 4.13. The third-order valence-corrected chi connectivity index (χ3v) is 3.71. The van der Waals surface area contributed by atoms with E-state index in [-0.39, 0.29) is 0 Å². The molecule has 1 saturated heterocycles. The Morgan fingerprint density at radius 2 is 1.53 bits per heavy atom. The standard InChI is InChI=1S/C15H18N2/c1-16-9-10-17(2)15(16)14-8-7-12-5-3-4-6-13(12)11-14/h3-8,11,15H,9-10H2,1-2H3. The number of likely N-dealkylation sites (N-methyl/N-ethyl adjacent to an activating group) is 2. The van der Waals surface area contributed by atoms with E-state index in [1.54, 1.807) is 0 Å². The third kappa shape index (κ3) is 1.84. The largest absolute Gasteiger partial charge is 0.286 e. The molecule has 0 unspecified atom stereocenters. The van der Waals surface area contributed by atoms with Crippen LogP contribution in [0.2, 0.25) is 0 Å². The van der Waals surface area contributed by atoms with Gasteiger partial charge in [-0.3, -0.25) is 9.80 Å². The third-order valence-electron chi connectivity index (χ3n) is 3.71. The van der Waals surface area contributed by atoms with Crippen molar-refractivity contribution < 1.29 is 0 Å². The number of benzene rings is 2. The first-order chi connectivity index (χ1) is 8.25. The molecule has 0 radical (unpaired) electrons. The molecule has 1 aliphatic rings. The van der Waals surface area contributed by atoms with E-state index in [4.69, 9.17) is 0 Å². The maximum Gasteiger partial charge on any atom is 0.0882 e. The fourth-order valence-corrected chi connectivity index (χ4v) is 2.77. The van der Waals surface area contributed by atoms with Gasteiger partial charge in [-0.25, -0.2) is 0 Å². The number of fused-ring (bicyclic) bond motifs is 1. The molecular weight excluding hydrogens is 208 g/mol. The van der Waals surface area contributed by atoms with Gasteiger partial charge in [-0.2, -0.15) is 0 Å². The molecule has 2 aromatic carbocycles. The second-order valence-corrected chi connectivity index (χ2v) is 4.94. The summed E-state index contributed by atoms with van der Waals surface area (Å²) in [7, 11) is 4.40. The summed E-state index contributed by atoms with van der Waals surface area (Å²) in [5, 5.41) is 2.65. The van der Waals surface area contributed by atoms with Crippen LogP contribution in [0.25, 0.3) is 10.8 Å². The van der Waals surface area contributed by atoms with Crippen molar-refractivity contribution >= 4 is 10.8 Å². The van der Waals surface area contributed by atoms with Crippen molar-refractivity contribution in [1.29, 1.82) is 0 Å². The zero-order valence-electron chi connectivity index (χ0n) is 10.4. The molecule has 0 aliphatic carbocycles. The van der Waals surface area contributed by atoms with Crippen molar-refractivity contribution in [1.82, 2.24) is 9.80 Å². The first-order valence-electron chi connectivity index (χ1n) is 6.15. The van der Waals surface area contributed by atoms with Gasteiger partial charge in [0.2, 0.25) is 0 Å². The van der Waals surface area contributed by atoms with Crippen LogP contribution in [-0.4, -0.2) is 37.0 Å². The summed E-state index contributed by atoms with van der Waals surface area (Å²) >= 11 is 0. The van der Waals surface area contributed by atoms with Crippen LogP contribution >= 0.6 is 0 Å². The highest BCUT2D eigenvalue weighted by molar-refractivity contribution is 5.83. The van der Waals surface area contributed by atoms with Crippen LogP contribution in [0, 0.1) is 0 Å². The summed E-state index contributed by atoms with van der Waals surface area (Å²) in [6.07, 6.45) is 0.430. The molecule has 0 saturated carbocycles. The Bertz CT molecular complexity index is 525. The van der Waals surface area contributed by atoms with Crippen molar-refractivity contribution in [3.8, 4) is 0 Å². The van der Waals surface area contributed by atoms with E-state index >= 15 is 0 Å². The van der Waals surface area contributed by atoms with Gasteiger partial charge in [0.15, 0.2) is 0 Å². The summed E-state index contributed by atoms with van der Waals surface area (Å²) in [6.45, 7) is 2.29. The van der Waals surface area contributed by atoms with Crippen molar-refractivity contribution in [2.75, 3.05) is 27.2 Å². The molecular formula is C15H18N2. The van der Waals surface area contributed by atoms with E-state index in [1.165, 1.54) is 16.3 Å². The normalized spacial score (nSPS) is 19.2. The summed E-state index contributed by atoms with van der Waals surface area (Å²) in [5.41, 5.74) is 1.39. The fourth-order valence-electron chi connectivity index (χ4n) is 2.77. The minimum Gasteiger partial charge on any atom is -0.286 e. The molecule has 2 aromatic rings. The smallest absolute Gasteiger partial charge is 0.0882 e. The quantitative estimate of drug-likeness (QED) is 0.737. The van der Waals surface area contributed by atoms with Crippen LogP contribution < -0.4 is 0 Å². The molecule has 0 aromatic heterocycles. The van der Waals surface area contributed by atoms with Crippen molar-refractivity contribution in [2.24, 2.45) is 0 Å². The lowest BCUT2D eigenvalue weighted by Crippen LogP contribution is -2.25. The van der Waals surface area contributed by atoms with Crippen LogP contribution in [0.3, 0.4) is 0 Å². The summed E-state index contributed by atoms with van der Waals surface area (Å²) in [4.78, 5) is 4.81. The molecule has 0 N–H and O–H groups in total. The van der Waals surface area contributed by atoms with E-state index in [2.05, 4.69) is 66.4 Å². The van der Waals surface area contributed by atoms with Crippen LogP contribution in [0.1, 0.15) is 11.7 Å². The lowest BCUT2D eigenvalue weighted by molar-refractivity contribution is 0.191. The summed E-state index contributed by atoms with van der Waals surface area (Å²) < 4.78 is 0. The van der Waals surface area contributed by atoms with Crippen LogP contribution in [0.4, 0.5) is 0 Å². The van der Waals surface area contributed by atoms with Gasteiger partial charge in [0.1, 0.15) is 0 Å². The van der Waals surface area contributed by atoms with Gasteiger partial charge in [0.25, 0.3) is 0 Å². The lowest BCUT2D eigenvalue weighted by atomic mass is 10.0. The average molecular weight is 226 g/mol. The van der Waals surface area contributed by atoms with Gasteiger partial charge in [-0.15, -0.1) is 0 Å². The molecule has 2 heteroatoms. The van der Waals surface area contributed by atoms with E-state index in [9.17, 15) is 0 Å². The van der Waals surface area contributed by atoms with E-state index in [1.807, 2.05) is 0 Å². The Balaban J connectivity index is 2.05. The number of hydrogen-bond acceptors (Lipinski definition) is 2. The molecule has 2 nitrogen and oxygen atoms in total. The minimum absolute atomic E-state index is 0.430. The molecule has 17 heavy (non-hydrogen) atoms. The predicted octanol–water partition coefficient (Wildman–Crippen LogP) is 2.72. The van der Waals surface area contributed by atoms with E-state index in [0.29, 0.717) is 6.17 Å². The Labute approximate surface area is 102 Å². The van der Waals surface area contributed by atoms with Crippen molar-refractivity contribution in [3.05, 3.63) is 48.0 Å². The van der Waals surface area contributed by atoms with Crippen molar-refractivity contribution in [3.63, 3.8) is 0 Å². The SMILES string of the molecule is CN1CCN(C)C1c1ccc2ccccc2c1. The molecule has 0 spiro atoms. The molecule has 0 bridgehead atoms. The Morgan fingerprint density at radius 1 is 0.882 bits per heavy atom. The second-order valence-electron chi connectivity index (χ2n) is 4.94. The molecule has 1 heterocycles. The maximum atomic E-state index is 2.41. The average Bonchev–Trinajstić information content (AvgIpc) is 2.68. The Kier molecular flexibility index (Phi) is 2.61. The highest BCUT2D eigenvalue weighted by atomic mass is 15.4. The van der Waals surface area contributed by atoms with Gasteiger partial charge in [0, 0.05) is 13.1 Å². The molecule has 0 atom stereocenters. The van der Waals surface area contributed by atoms with Gasteiger partial charge >= 0.3 is 0 Å². The van der Waals surface area contributed by atoms with Gasteiger partial charge in [0.05, 0.1) is 6.17 Å². The van der Waals surface area contributed by atoms with Gasteiger partial charge in [-0.05, 0) is 36.5 Å². The first-order valence-corrected chi connectivity index (χ1v) is 6.15. The van der Waals surface area contributed by atoms with Crippen LogP contribution in [0.15, 0.2) is 42.5 Å². The molecule has 0 amide bonds. The minimum atomic E-state index is 0.430. The summed E-state index contributed by atoms with van der Waals surface area (Å²) in [6, 6.07) is 15.4. The number of rotatable bonds is 1. The first kappa shape index (κ1) is 10.8. The van der Waals surface area contributed by atoms with Gasteiger partial charge < -0.3 is 0 Å². The van der Waals surface area contributed by atoms with Crippen molar-refractivity contribution in [2.45, 2.75) is 6.17 Å². The molecule has 1 fully saturated rings. The maximum absolute atomic E-state index is 2.41.